The van der Waals surface area contributed by atoms with Gasteiger partial charge >= 0.3 is 5.97 Å². The van der Waals surface area contributed by atoms with Crippen molar-refractivity contribution in [2.45, 2.75) is 11.8 Å². The Hall–Kier alpha value is -1.99. The van der Waals surface area contributed by atoms with Crippen LogP contribution < -0.4 is 10.1 Å². The van der Waals surface area contributed by atoms with E-state index in [-0.39, 0.29) is 12.5 Å². The lowest BCUT2D eigenvalue weighted by molar-refractivity contribution is -0.122. The summed E-state index contributed by atoms with van der Waals surface area (Å²) in [7, 11) is 1.32. The molecule has 2 aromatic rings. The minimum absolute atomic E-state index is 0.0919. The van der Waals surface area contributed by atoms with Gasteiger partial charge in [-0.05, 0) is 53.2 Å². The molecule has 1 amide bonds. The van der Waals surface area contributed by atoms with E-state index in [2.05, 4.69) is 57.2 Å². The lowest BCUT2D eigenvalue weighted by atomic mass is 10.2. The number of aryl methyl sites for hydroxylation is 1. The van der Waals surface area contributed by atoms with Crippen LogP contribution in [0.15, 0.2) is 51.8 Å². The van der Waals surface area contributed by atoms with E-state index in [1.165, 1.54) is 17.6 Å². The van der Waals surface area contributed by atoms with Gasteiger partial charge < -0.3 is 14.8 Å². The van der Waals surface area contributed by atoms with Crippen molar-refractivity contribution in [3.05, 3.63) is 58.1 Å². The first kappa shape index (κ1) is 20.3. The molecule has 0 bridgehead atoms. The van der Waals surface area contributed by atoms with Crippen LogP contribution in [0, 0.1) is 6.92 Å². The molecule has 26 heavy (non-hydrogen) atoms. The van der Waals surface area contributed by atoms with Gasteiger partial charge in [-0.15, -0.1) is 11.8 Å². The van der Waals surface area contributed by atoms with Gasteiger partial charge in [0.15, 0.2) is 6.61 Å². The third-order valence-electron chi connectivity index (χ3n) is 3.43. The highest BCUT2D eigenvalue weighted by Crippen LogP contribution is 2.26. The number of carbonyl (C=O) groups excluding carboxylic acids is 2. The largest absolute Gasteiger partial charge is 0.483 e. The molecule has 7 heteroatoms. The van der Waals surface area contributed by atoms with E-state index in [0.717, 1.165) is 5.75 Å². The molecule has 0 heterocycles. The molecule has 138 valence electrons. The first-order chi connectivity index (χ1) is 12.5. The summed E-state index contributed by atoms with van der Waals surface area (Å²) in [6, 6.07) is 13.1. The number of amides is 1. The summed E-state index contributed by atoms with van der Waals surface area (Å²) >= 11 is 5.01. The molecule has 0 atom stereocenters. The highest BCUT2D eigenvalue weighted by Gasteiger charge is 2.10. The number of hydrogen-bond acceptors (Lipinski definition) is 5. The van der Waals surface area contributed by atoms with Crippen molar-refractivity contribution in [2.24, 2.45) is 0 Å². The lowest BCUT2D eigenvalue weighted by Gasteiger charge is -2.10. The maximum absolute atomic E-state index is 11.9. The Balaban J connectivity index is 1.71. The number of methoxy groups -OCH3 is 1. The van der Waals surface area contributed by atoms with E-state index in [4.69, 9.17) is 4.74 Å². The number of carbonyl (C=O) groups is 2. The number of thioether (sulfide) groups is 1. The third kappa shape index (κ3) is 6.38. The Morgan fingerprint density at radius 2 is 1.88 bits per heavy atom. The van der Waals surface area contributed by atoms with Crippen LogP contribution in [0.3, 0.4) is 0 Å². The van der Waals surface area contributed by atoms with Gasteiger partial charge in [0.1, 0.15) is 5.75 Å². The van der Waals surface area contributed by atoms with Crippen molar-refractivity contribution in [2.75, 3.05) is 26.0 Å². The summed E-state index contributed by atoms with van der Waals surface area (Å²) < 4.78 is 10.7. The minimum Gasteiger partial charge on any atom is -0.483 e. The smallest absolute Gasteiger partial charge is 0.337 e. The number of ether oxygens (including phenoxy) is 2. The van der Waals surface area contributed by atoms with Crippen LogP contribution in [-0.2, 0) is 9.53 Å². The van der Waals surface area contributed by atoms with Crippen molar-refractivity contribution >= 4 is 39.6 Å². The van der Waals surface area contributed by atoms with Gasteiger partial charge in [0.05, 0.1) is 17.1 Å². The van der Waals surface area contributed by atoms with E-state index in [9.17, 15) is 9.59 Å². The molecule has 0 aliphatic heterocycles. The number of benzene rings is 2. The number of hydrogen-bond donors (Lipinski definition) is 1. The minimum atomic E-state index is -0.430. The van der Waals surface area contributed by atoms with Crippen LogP contribution in [0.5, 0.6) is 5.75 Å². The second-order valence-electron chi connectivity index (χ2n) is 5.44. The molecule has 2 rings (SSSR count). The van der Waals surface area contributed by atoms with Crippen LogP contribution in [0.4, 0.5) is 0 Å². The van der Waals surface area contributed by atoms with Gasteiger partial charge in [-0.2, -0.15) is 0 Å². The van der Waals surface area contributed by atoms with Crippen LogP contribution in [-0.4, -0.2) is 37.9 Å². The maximum Gasteiger partial charge on any atom is 0.337 e. The highest BCUT2D eigenvalue weighted by atomic mass is 79.9. The van der Waals surface area contributed by atoms with Crippen LogP contribution >= 0.6 is 27.7 Å². The Labute approximate surface area is 165 Å². The molecule has 0 aromatic heterocycles. The van der Waals surface area contributed by atoms with Gasteiger partial charge in [0, 0.05) is 17.2 Å². The second-order valence-corrected chi connectivity index (χ2v) is 7.46. The Kier molecular flexibility index (Phi) is 8.00. The molecule has 2 aromatic carbocycles. The van der Waals surface area contributed by atoms with Gasteiger partial charge in [-0.1, -0.05) is 17.7 Å². The summed E-state index contributed by atoms with van der Waals surface area (Å²) in [5.41, 5.74) is 1.63. The van der Waals surface area contributed by atoms with Gasteiger partial charge in [-0.25, -0.2) is 4.79 Å². The number of rotatable bonds is 8. The monoisotopic (exact) mass is 437 g/mol. The predicted molar refractivity (Wildman–Crippen MR) is 106 cm³/mol. The molecule has 0 unspecified atom stereocenters. The molecular formula is C19H20BrNO4S. The molecule has 0 fully saturated rings. The van der Waals surface area contributed by atoms with Crippen LogP contribution in [0.1, 0.15) is 15.9 Å². The predicted octanol–water partition coefficient (Wildman–Crippen LogP) is 3.83. The van der Waals surface area contributed by atoms with E-state index >= 15 is 0 Å². The van der Waals surface area contributed by atoms with Crippen molar-refractivity contribution in [1.29, 1.82) is 0 Å². The summed E-state index contributed by atoms with van der Waals surface area (Å²) in [4.78, 5) is 24.5. The zero-order valence-electron chi connectivity index (χ0n) is 14.6. The SMILES string of the molecule is COC(=O)c1ccc(OCC(=O)NCCSc2ccc(C)cc2)c(Br)c1. The standard InChI is InChI=1S/C19H20BrNO4S/c1-13-3-6-15(7-4-13)26-10-9-21-18(22)12-25-17-8-5-14(11-16(17)20)19(23)24-2/h3-8,11H,9-10,12H2,1-2H3,(H,21,22). The fourth-order valence-corrected chi connectivity index (χ4v) is 3.31. The number of nitrogens with one attached hydrogen (secondary N) is 1. The molecule has 1 N–H and O–H groups in total. The average Bonchev–Trinajstić information content (AvgIpc) is 2.65. The Morgan fingerprint density at radius 1 is 1.15 bits per heavy atom. The molecule has 5 nitrogen and oxygen atoms in total. The molecular weight excluding hydrogens is 418 g/mol. The Morgan fingerprint density at radius 3 is 2.54 bits per heavy atom. The highest BCUT2D eigenvalue weighted by molar-refractivity contribution is 9.10. The quantitative estimate of drug-likeness (QED) is 0.386. The molecule has 0 aliphatic carbocycles. The van der Waals surface area contributed by atoms with Crippen molar-refractivity contribution in [3.8, 4) is 5.75 Å². The normalized spacial score (nSPS) is 10.3. The number of halogens is 1. The van der Waals surface area contributed by atoms with E-state index in [1.807, 2.05) is 0 Å². The van der Waals surface area contributed by atoms with Crippen LogP contribution in [0.25, 0.3) is 0 Å². The first-order valence-corrected chi connectivity index (χ1v) is 9.74. The molecule has 0 radical (unpaired) electrons. The number of esters is 1. The molecule has 0 saturated carbocycles. The van der Waals surface area contributed by atoms with E-state index in [0.29, 0.717) is 22.3 Å². The topological polar surface area (TPSA) is 64.6 Å². The average molecular weight is 438 g/mol. The molecule has 0 spiro atoms. The Bertz CT molecular complexity index is 765. The van der Waals surface area contributed by atoms with E-state index in [1.54, 1.807) is 30.0 Å². The fourth-order valence-electron chi connectivity index (χ4n) is 2.05. The van der Waals surface area contributed by atoms with Gasteiger partial charge in [-0.3, -0.25) is 4.79 Å². The van der Waals surface area contributed by atoms with Crippen molar-refractivity contribution in [1.82, 2.24) is 5.32 Å². The summed E-state index contributed by atoms with van der Waals surface area (Å²) in [5, 5.41) is 2.82. The van der Waals surface area contributed by atoms with Crippen molar-refractivity contribution in [3.63, 3.8) is 0 Å². The summed E-state index contributed by atoms with van der Waals surface area (Å²) in [6.07, 6.45) is 0. The summed E-state index contributed by atoms with van der Waals surface area (Å²) in [6.45, 7) is 2.52. The summed E-state index contributed by atoms with van der Waals surface area (Å²) in [5.74, 6) is 0.646. The molecule has 0 aliphatic rings. The second kappa shape index (κ2) is 10.2. The molecule has 0 saturated heterocycles. The zero-order chi connectivity index (χ0) is 18.9. The first-order valence-electron chi connectivity index (χ1n) is 7.96. The van der Waals surface area contributed by atoms with Gasteiger partial charge in [0.25, 0.3) is 5.91 Å². The lowest BCUT2D eigenvalue weighted by Crippen LogP contribution is -2.30. The maximum atomic E-state index is 11.9. The zero-order valence-corrected chi connectivity index (χ0v) is 17.0. The third-order valence-corrected chi connectivity index (χ3v) is 5.06. The van der Waals surface area contributed by atoms with Gasteiger partial charge in [0.2, 0.25) is 0 Å². The van der Waals surface area contributed by atoms with Crippen molar-refractivity contribution < 1.29 is 19.1 Å². The van der Waals surface area contributed by atoms with E-state index < -0.39 is 5.97 Å². The fraction of sp³-hybridized carbons (Fsp3) is 0.263. The van der Waals surface area contributed by atoms with Crippen LogP contribution in [0.2, 0.25) is 0 Å².